The molecule has 0 amide bonds. The van der Waals surface area contributed by atoms with E-state index in [9.17, 15) is 0 Å². The van der Waals surface area contributed by atoms with Gasteiger partial charge in [-0.2, -0.15) is 5.10 Å². The Kier molecular flexibility index (Phi) is 3.78. The first-order valence-electron chi connectivity index (χ1n) is 5.39. The Balaban J connectivity index is 2.16. The van der Waals surface area contributed by atoms with Crippen molar-refractivity contribution >= 4 is 21.7 Å². The smallest absolute Gasteiger partial charge is 0.132 e. The Labute approximate surface area is 109 Å². The molecule has 0 atom stereocenters. The highest BCUT2D eigenvalue weighted by atomic mass is 79.9. The number of hydrogen-bond donors (Lipinski definition) is 0. The average molecular weight is 295 g/mol. The molecule has 5 heteroatoms. The molecule has 0 aromatic carbocycles. The van der Waals surface area contributed by atoms with Crippen molar-refractivity contribution in [1.29, 1.82) is 0 Å². The maximum Gasteiger partial charge on any atom is 0.132 e. The molecule has 2 aromatic heterocycles. The number of aromatic nitrogens is 3. The second-order valence-corrected chi connectivity index (χ2v) is 4.56. The van der Waals surface area contributed by atoms with E-state index in [-0.39, 0.29) is 0 Å². The molecule has 0 spiro atoms. The standard InChI is InChI=1S/C12H15BrN4/c1-16(8-10-7-15-17(2)9-10)12-11(6-13)4-3-5-14-12/h3-5,7,9H,6,8H2,1-2H3. The molecule has 0 unspecified atom stereocenters. The Morgan fingerprint density at radius 1 is 1.47 bits per heavy atom. The average Bonchev–Trinajstić information content (AvgIpc) is 2.74. The van der Waals surface area contributed by atoms with Gasteiger partial charge in [-0.05, 0) is 6.07 Å². The number of aryl methyl sites for hydroxylation is 1. The third kappa shape index (κ3) is 2.85. The van der Waals surface area contributed by atoms with Gasteiger partial charge in [0.15, 0.2) is 0 Å². The van der Waals surface area contributed by atoms with Gasteiger partial charge in [-0.25, -0.2) is 4.98 Å². The van der Waals surface area contributed by atoms with Crippen LogP contribution in [0.3, 0.4) is 0 Å². The lowest BCUT2D eigenvalue weighted by atomic mass is 10.2. The molecule has 17 heavy (non-hydrogen) atoms. The predicted octanol–water partition coefficient (Wildman–Crippen LogP) is 2.35. The topological polar surface area (TPSA) is 34.0 Å². The molecule has 90 valence electrons. The third-order valence-electron chi connectivity index (χ3n) is 2.55. The predicted molar refractivity (Wildman–Crippen MR) is 72.2 cm³/mol. The Morgan fingerprint density at radius 2 is 2.29 bits per heavy atom. The molecule has 0 saturated carbocycles. The molecular weight excluding hydrogens is 280 g/mol. The molecule has 2 rings (SSSR count). The van der Waals surface area contributed by atoms with Gasteiger partial charge in [-0.3, -0.25) is 4.68 Å². The van der Waals surface area contributed by atoms with E-state index >= 15 is 0 Å². The number of rotatable bonds is 4. The summed E-state index contributed by atoms with van der Waals surface area (Å²) in [5.74, 6) is 1.01. The summed E-state index contributed by atoms with van der Waals surface area (Å²) in [4.78, 5) is 6.55. The molecule has 2 aromatic rings. The Hall–Kier alpha value is -1.36. The van der Waals surface area contributed by atoms with Crippen molar-refractivity contribution in [2.24, 2.45) is 7.05 Å². The van der Waals surface area contributed by atoms with Gasteiger partial charge in [0.1, 0.15) is 5.82 Å². The SMILES string of the molecule is CN(Cc1cnn(C)c1)c1ncccc1CBr. The van der Waals surface area contributed by atoms with Crippen LogP contribution in [-0.2, 0) is 18.9 Å². The highest BCUT2D eigenvalue weighted by Gasteiger charge is 2.08. The molecule has 0 fully saturated rings. The molecule has 0 bridgehead atoms. The van der Waals surface area contributed by atoms with E-state index in [1.165, 1.54) is 11.1 Å². The summed E-state index contributed by atoms with van der Waals surface area (Å²) < 4.78 is 1.81. The lowest BCUT2D eigenvalue weighted by Gasteiger charge is -2.19. The van der Waals surface area contributed by atoms with Gasteiger partial charge in [-0.15, -0.1) is 0 Å². The van der Waals surface area contributed by atoms with Crippen molar-refractivity contribution in [3.8, 4) is 0 Å². The Bertz CT molecular complexity index is 495. The van der Waals surface area contributed by atoms with Gasteiger partial charge in [0.25, 0.3) is 0 Å². The zero-order chi connectivity index (χ0) is 12.3. The fourth-order valence-electron chi connectivity index (χ4n) is 1.78. The van der Waals surface area contributed by atoms with Gasteiger partial charge < -0.3 is 4.90 Å². The van der Waals surface area contributed by atoms with Crippen molar-refractivity contribution in [3.63, 3.8) is 0 Å². The minimum absolute atomic E-state index is 0.810. The first-order valence-corrected chi connectivity index (χ1v) is 6.51. The highest BCUT2D eigenvalue weighted by molar-refractivity contribution is 9.08. The fraction of sp³-hybridized carbons (Fsp3) is 0.333. The minimum atomic E-state index is 0.810. The molecule has 0 aliphatic rings. The fourth-order valence-corrected chi connectivity index (χ4v) is 2.22. The number of pyridine rings is 1. The van der Waals surface area contributed by atoms with Crippen LogP contribution in [-0.4, -0.2) is 21.8 Å². The number of nitrogens with zero attached hydrogens (tertiary/aromatic N) is 4. The molecule has 0 radical (unpaired) electrons. The maximum atomic E-state index is 4.42. The van der Waals surface area contributed by atoms with Crippen LogP contribution < -0.4 is 4.90 Å². The highest BCUT2D eigenvalue weighted by Crippen LogP contribution is 2.19. The summed E-state index contributed by atoms with van der Waals surface area (Å²) in [5, 5.41) is 4.98. The van der Waals surface area contributed by atoms with Crippen molar-refractivity contribution in [2.75, 3.05) is 11.9 Å². The van der Waals surface area contributed by atoms with Gasteiger partial charge >= 0.3 is 0 Å². The molecule has 0 aliphatic heterocycles. The first kappa shape index (κ1) is 12.1. The molecule has 2 heterocycles. The monoisotopic (exact) mass is 294 g/mol. The summed E-state index contributed by atoms with van der Waals surface area (Å²) in [6.45, 7) is 0.810. The first-order chi connectivity index (χ1) is 8.20. The molecule has 4 nitrogen and oxygen atoms in total. The normalized spacial score (nSPS) is 10.5. The number of anilines is 1. The van der Waals surface area contributed by atoms with E-state index in [1.807, 2.05) is 43.4 Å². The van der Waals surface area contributed by atoms with Crippen LogP contribution in [0.15, 0.2) is 30.7 Å². The summed E-state index contributed by atoms with van der Waals surface area (Å²) in [5.41, 5.74) is 2.38. The zero-order valence-electron chi connectivity index (χ0n) is 9.97. The van der Waals surface area contributed by atoms with E-state index in [4.69, 9.17) is 0 Å². The molecule has 0 N–H and O–H groups in total. The van der Waals surface area contributed by atoms with Gasteiger partial charge in [0, 0.05) is 49.5 Å². The second kappa shape index (κ2) is 5.31. The van der Waals surface area contributed by atoms with E-state index < -0.39 is 0 Å². The molecule has 0 aliphatic carbocycles. The van der Waals surface area contributed by atoms with Gasteiger partial charge in [-0.1, -0.05) is 22.0 Å². The zero-order valence-corrected chi connectivity index (χ0v) is 11.6. The van der Waals surface area contributed by atoms with Gasteiger partial charge in [0.05, 0.1) is 6.20 Å². The maximum absolute atomic E-state index is 4.42. The van der Waals surface area contributed by atoms with E-state index in [0.717, 1.165) is 17.7 Å². The van der Waals surface area contributed by atoms with Crippen LogP contribution in [0.5, 0.6) is 0 Å². The summed E-state index contributed by atoms with van der Waals surface area (Å²) >= 11 is 3.48. The molecular formula is C12H15BrN4. The number of alkyl halides is 1. The van der Waals surface area contributed by atoms with Crippen LogP contribution >= 0.6 is 15.9 Å². The Morgan fingerprint density at radius 3 is 2.94 bits per heavy atom. The van der Waals surface area contributed by atoms with Crippen LogP contribution in [0.25, 0.3) is 0 Å². The lowest BCUT2D eigenvalue weighted by molar-refractivity contribution is 0.766. The van der Waals surface area contributed by atoms with Crippen LogP contribution in [0.1, 0.15) is 11.1 Å². The van der Waals surface area contributed by atoms with E-state index in [1.54, 1.807) is 0 Å². The quantitative estimate of drug-likeness (QED) is 0.812. The van der Waals surface area contributed by atoms with E-state index in [0.29, 0.717) is 0 Å². The van der Waals surface area contributed by atoms with Crippen molar-refractivity contribution in [1.82, 2.24) is 14.8 Å². The second-order valence-electron chi connectivity index (χ2n) is 4.00. The van der Waals surface area contributed by atoms with Crippen LogP contribution in [0.2, 0.25) is 0 Å². The van der Waals surface area contributed by atoms with Crippen LogP contribution in [0.4, 0.5) is 5.82 Å². The van der Waals surface area contributed by atoms with Crippen molar-refractivity contribution in [3.05, 3.63) is 41.9 Å². The summed E-state index contributed by atoms with van der Waals surface area (Å²) in [6, 6.07) is 4.04. The van der Waals surface area contributed by atoms with Gasteiger partial charge in [0.2, 0.25) is 0 Å². The summed E-state index contributed by atoms with van der Waals surface area (Å²) in [6.07, 6.45) is 5.72. The minimum Gasteiger partial charge on any atom is -0.355 e. The van der Waals surface area contributed by atoms with Crippen molar-refractivity contribution < 1.29 is 0 Å². The number of hydrogen-bond acceptors (Lipinski definition) is 3. The summed E-state index contributed by atoms with van der Waals surface area (Å²) in [7, 11) is 3.97. The third-order valence-corrected chi connectivity index (χ3v) is 3.16. The van der Waals surface area contributed by atoms with Crippen molar-refractivity contribution in [2.45, 2.75) is 11.9 Å². The van der Waals surface area contributed by atoms with E-state index in [2.05, 4.69) is 37.0 Å². The molecule has 0 saturated heterocycles. The van der Waals surface area contributed by atoms with Crippen LogP contribution in [0, 0.1) is 0 Å². The number of halogens is 1. The largest absolute Gasteiger partial charge is 0.355 e. The lowest BCUT2D eigenvalue weighted by Crippen LogP contribution is -2.18.